The summed E-state index contributed by atoms with van der Waals surface area (Å²) in [5, 5.41) is 0. The molecule has 1 atom stereocenters. The molecule has 28 heavy (non-hydrogen) atoms. The highest BCUT2D eigenvalue weighted by molar-refractivity contribution is 5.95. The second-order valence-electron chi connectivity index (χ2n) is 8.01. The average Bonchev–Trinajstić information content (AvgIpc) is 2.68. The van der Waals surface area contributed by atoms with E-state index in [9.17, 15) is 9.59 Å². The zero-order chi connectivity index (χ0) is 19.7. The summed E-state index contributed by atoms with van der Waals surface area (Å²) in [6.07, 6.45) is 5.47. The number of benzene rings is 1. The van der Waals surface area contributed by atoms with Crippen LogP contribution in [0.2, 0.25) is 0 Å². The van der Waals surface area contributed by atoms with Crippen molar-refractivity contribution in [1.82, 2.24) is 14.8 Å². The molecule has 1 amide bonds. The first-order valence-electron chi connectivity index (χ1n) is 10.2. The fourth-order valence-electron chi connectivity index (χ4n) is 4.23. The number of hydrogen-bond donors (Lipinski definition) is 0. The van der Waals surface area contributed by atoms with Crippen LogP contribution in [0.1, 0.15) is 53.8 Å². The minimum Gasteiger partial charge on any atom is -0.335 e. The summed E-state index contributed by atoms with van der Waals surface area (Å²) >= 11 is 0. The molecule has 0 radical (unpaired) electrons. The Morgan fingerprint density at radius 2 is 1.71 bits per heavy atom. The van der Waals surface area contributed by atoms with Crippen molar-refractivity contribution in [1.29, 1.82) is 0 Å². The Morgan fingerprint density at radius 3 is 2.32 bits per heavy atom. The van der Waals surface area contributed by atoms with Crippen LogP contribution in [0.3, 0.4) is 0 Å². The third-order valence-electron chi connectivity index (χ3n) is 6.07. The summed E-state index contributed by atoms with van der Waals surface area (Å²) in [5.41, 5.74) is 3.06. The number of aromatic nitrogens is 1. The number of carbonyl (C=O) groups excluding carboxylic acids is 2. The highest BCUT2D eigenvalue weighted by atomic mass is 16.2. The highest BCUT2D eigenvalue weighted by Gasteiger charge is 2.37. The highest BCUT2D eigenvalue weighted by Crippen LogP contribution is 2.26. The largest absolute Gasteiger partial charge is 0.335 e. The quantitative estimate of drug-likeness (QED) is 0.763. The van der Waals surface area contributed by atoms with E-state index in [0.717, 1.165) is 30.9 Å². The van der Waals surface area contributed by atoms with Gasteiger partial charge in [0, 0.05) is 48.1 Å². The SMILES string of the molecule is CC(=O)c1ccc(-c2ccc(C(=O)N3CC(N4CCCCC4C)C3)cc2)nc1. The van der Waals surface area contributed by atoms with Crippen LogP contribution in [-0.2, 0) is 0 Å². The number of rotatable bonds is 4. The number of pyridine rings is 1. The number of Topliss-reactive ketones (excluding diaryl/α,β-unsaturated/α-hetero) is 1. The number of likely N-dealkylation sites (tertiary alicyclic amines) is 2. The van der Waals surface area contributed by atoms with Gasteiger partial charge in [0.15, 0.2) is 5.78 Å². The summed E-state index contributed by atoms with van der Waals surface area (Å²) in [6, 6.07) is 12.4. The van der Waals surface area contributed by atoms with E-state index in [1.807, 2.05) is 35.2 Å². The predicted molar refractivity (Wildman–Crippen MR) is 109 cm³/mol. The Hall–Kier alpha value is -2.53. The lowest BCUT2D eigenvalue weighted by Crippen LogP contribution is -2.63. The lowest BCUT2D eigenvalue weighted by atomic mass is 9.97. The van der Waals surface area contributed by atoms with Crippen molar-refractivity contribution in [3.8, 4) is 11.3 Å². The first-order valence-corrected chi connectivity index (χ1v) is 10.2. The Morgan fingerprint density at radius 1 is 1.00 bits per heavy atom. The van der Waals surface area contributed by atoms with Gasteiger partial charge >= 0.3 is 0 Å². The van der Waals surface area contributed by atoms with Crippen molar-refractivity contribution in [2.75, 3.05) is 19.6 Å². The normalized spacial score (nSPS) is 20.6. The van der Waals surface area contributed by atoms with E-state index in [4.69, 9.17) is 0 Å². The number of amides is 1. The van der Waals surface area contributed by atoms with Crippen LogP contribution in [0.5, 0.6) is 0 Å². The minimum absolute atomic E-state index is 0.00629. The lowest BCUT2D eigenvalue weighted by Gasteiger charge is -2.49. The van der Waals surface area contributed by atoms with Crippen molar-refractivity contribution in [2.24, 2.45) is 0 Å². The van der Waals surface area contributed by atoms with Crippen molar-refractivity contribution < 1.29 is 9.59 Å². The average molecular weight is 377 g/mol. The Balaban J connectivity index is 1.37. The van der Waals surface area contributed by atoms with Crippen LogP contribution >= 0.6 is 0 Å². The van der Waals surface area contributed by atoms with E-state index in [1.165, 1.54) is 26.2 Å². The summed E-state index contributed by atoms with van der Waals surface area (Å²) in [7, 11) is 0. The van der Waals surface area contributed by atoms with Crippen LogP contribution in [0.4, 0.5) is 0 Å². The molecule has 146 valence electrons. The summed E-state index contributed by atoms with van der Waals surface area (Å²) < 4.78 is 0. The maximum Gasteiger partial charge on any atom is 0.253 e. The van der Waals surface area contributed by atoms with E-state index in [0.29, 0.717) is 23.2 Å². The van der Waals surface area contributed by atoms with Gasteiger partial charge in [-0.15, -0.1) is 0 Å². The van der Waals surface area contributed by atoms with E-state index < -0.39 is 0 Å². The first kappa shape index (κ1) is 18.8. The van der Waals surface area contributed by atoms with Gasteiger partial charge in [0.1, 0.15) is 0 Å². The number of carbonyl (C=O) groups is 2. The predicted octanol–water partition coefficient (Wildman–Crippen LogP) is 3.65. The maximum absolute atomic E-state index is 12.8. The standard InChI is InChI=1S/C23H27N3O2/c1-16-5-3-4-12-26(16)21-14-25(15-21)23(28)19-8-6-18(7-9-19)22-11-10-20(13-24-22)17(2)27/h6-11,13,16,21H,3-5,12,14-15H2,1-2H3. The van der Waals surface area contributed by atoms with E-state index in [1.54, 1.807) is 12.3 Å². The van der Waals surface area contributed by atoms with Gasteiger partial charge < -0.3 is 4.90 Å². The van der Waals surface area contributed by atoms with E-state index in [-0.39, 0.29) is 11.7 Å². The fourth-order valence-corrected chi connectivity index (χ4v) is 4.23. The zero-order valence-electron chi connectivity index (χ0n) is 16.6. The van der Waals surface area contributed by atoms with Crippen LogP contribution in [0.25, 0.3) is 11.3 Å². The molecule has 1 aromatic heterocycles. The molecule has 5 nitrogen and oxygen atoms in total. The fraction of sp³-hybridized carbons (Fsp3) is 0.435. The molecule has 2 saturated heterocycles. The summed E-state index contributed by atoms with van der Waals surface area (Å²) in [4.78, 5) is 33.0. The van der Waals surface area contributed by atoms with Crippen molar-refractivity contribution in [3.63, 3.8) is 0 Å². The molecule has 1 unspecified atom stereocenters. The molecular formula is C23H27N3O2. The molecule has 4 rings (SSSR count). The summed E-state index contributed by atoms with van der Waals surface area (Å²) in [6.45, 7) is 6.67. The number of ketones is 1. The Kier molecular flexibility index (Phi) is 5.27. The third-order valence-corrected chi connectivity index (χ3v) is 6.07. The Bertz CT molecular complexity index is 854. The van der Waals surface area contributed by atoms with Gasteiger partial charge in [-0.3, -0.25) is 19.5 Å². The van der Waals surface area contributed by atoms with Crippen molar-refractivity contribution in [3.05, 3.63) is 53.7 Å². The van der Waals surface area contributed by atoms with Crippen LogP contribution in [-0.4, -0.2) is 58.2 Å². The molecule has 0 saturated carbocycles. The first-order chi connectivity index (χ1) is 13.5. The molecule has 2 aliphatic heterocycles. The number of piperidine rings is 1. The van der Waals surface area contributed by atoms with Gasteiger partial charge in [0.05, 0.1) is 5.69 Å². The topological polar surface area (TPSA) is 53.5 Å². The molecule has 0 bridgehead atoms. The van der Waals surface area contributed by atoms with Crippen molar-refractivity contribution >= 4 is 11.7 Å². The molecule has 2 aromatic rings. The number of hydrogen-bond acceptors (Lipinski definition) is 4. The molecule has 5 heteroatoms. The molecular weight excluding hydrogens is 350 g/mol. The van der Waals surface area contributed by atoms with Gasteiger partial charge in [0.2, 0.25) is 0 Å². The minimum atomic E-state index is 0.00629. The van der Waals surface area contributed by atoms with Gasteiger partial charge in [0.25, 0.3) is 5.91 Å². The molecule has 2 aliphatic rings. The second-order valence-corrected chi connectivity index (χ2v) is 8.01. The van der Waals surface area contributed by atoms with E-state index in [2.05, 4.69) is 16.8 Å². The van der Waals surface area contributed by atoms with Crippen LogP contribution < -0.4 is 0 Å². The maximum atomic E-state index is 12.8. The molecule has 0 N–H and O–H groups in total. The third kappa shape index (κ3) is 3.72. The molecule has 3 heterocycles. The lowest BCUT2D eigenvalue weighted by molar-refractivity contribution is 0.00213. The number of nitrogens with zero attached hydrogens (tertiary/aromatic N) is 3. The molecule has 0 aliphatic carbocycles. The van der Waals surface area contributed by atoms with Gasteiger partial charge in [-0.25, -0.2) is 0 Å². The van der Waals surface area contributed by atoms with Crippen molar-refractivity contribution in [2.45, 2.75) is 45.2 Å². The van der Waals surface area contributed by atoms with Gasteiger partial charge in [-0.2, -0.15) is 0 Å². The van der Waals surface area contributed by atoms with Gasteiger partial charge in [-0.05, 0) is 57.5 Å². The van der Waals surface area contributed by atoms with Crippen LogP contribution in [0, 0.1) is 0 Å². The van der Waals surface area contributed by atoms with Gasteiger partial charge in [-0.1, -0.05) is 18.6 Å². The van der Waals surface area contributed by atoms with E-state index >= 15 is 0 Å². The molecule has 1 aromatic carbocycles. The monoisotopic (exact) mass is 377 g/mol. The Labute approximate surface area is 166 Å². The molecule has 0 spiro atoms. The second kappa shape index (κ2) is 7.84. The van der Waals surface area contributed by atoms with Crippen LogP contribution in [0.15, 0.2) is 42.6 Å². The summed E-state index contributed by atoms with van der Waals surface area (Å²) in [5.74, 6) is 0.110. The smallest absolute Gasteiger partial charge is 0.253 e. The molecule has 2 fully saturated rings. The zero-order valence-corrected chi connectivity index (χ0v) is 16.6.